The third-order valence-corrected chi connectivity index (χ3v) is 6.44. The van der Waals surface area contributed by atoms with E-state index in [1.807, 2.05) is 30.0 Å². The summed E-state index contributed by atoms with van der Waals surface area (Å²) in [4.78, 5) is 32.8. The second kappa shape index (κ2) is 9.76. The van der Waals surface area contributed by atoms with Crippen LogP contribution in [0.15, 0.2) is 34.2 Å². The van der Waals surface area contributed by atoms with Crippen molar-refractivity contribution in [2.45, 2.75) is 50.6 Å². The van der Waals surface area contributed by atoms with Crippen LogP contribution in [-0.2, 0) is 16.1 Å². The second-order valence-electron chi connectivity index (χ2n) is 8.16. The number of benzene rings is 1. The number of nitrogens with zero attached hydrogens (tertiary/aromatic N) is 3. The van der Waals surface area contributed by atoms with Crippen molar-refractivity contribution in [3.8, 4) is 0 Å². The quantitative estimate of drug-likeness (QED) is 0.392. The van der Waals surface area contributed by atoms with Crippen LogP contribution in [0.4, 0.5) is 0 Å². The zero-order valence-corrected chi connectivity index (χ0v) is 18.6. The minimum Gasteiger partial charge on any atom is -0.385 e. The molecular formula is C22H31N3O3S. The number of para-hydroxylation sites is 1. The molecule has 1 aliphatic rings. The average Bonchev–Trinajstić information content (AvgIpc) is 2.69. The fourth-order valence-electron chi connectivity index (χ4n) is 4.11. The van der Waals surface area contributed by atoms with Crippen LogP contribution in [0.3, 0.4) is 0 Å². The average molecular weight is 418 g/mol. The number of likely N-dealkylation sites (tertiary alicyclic amines) is 1. The highest BCUT2D eigenvalue weighted by Gasteiger charge is 2.29. The van der Waals surface area contributed by atoms with Crippen molar-refractivity contribution in [2.75, 3.05) is 26.8 Å². The van der Waals surface area contributed by atoms with Crippen molar-refractivity contribution in [1.82, 2.24) is 14.5 Å². The normalized spacial score (nSPS) is 20.8. The zero-order chi connectivity index (χ0) is 21.0. The van der Waals surface area contributed by atoms with E-state index >= 15 is 0 Å². The first-order chi connectivity index (χ1) is 13.9. The highest BCUT2D eigenvalue weighted by Crippen LogP contribution is 2.27. The van der Waals surface area contributed by atoms with E-state index in [4.69, 9.17) is 9.72 Å². The van der Waals surface area contributed by atoms with Crippen LogP contribution in [0, 0.1) is 11.8 Å². The van der Waals surface area contributed by atoms with E-state index in [1.54, 1.807) is 17.7 Å². The Morgan fingerprint density at radius 2 is 1.97 bits per heavy atom. The molecule has 0 bridgehead atoms. The molecular weight excluding hydrogens is 386 g/mol. The van der Waals surface area contributed by atoms with Crippen molar-refractivity contribution >= 4 is 28.6 Å². The summed E-state index contributed by atoms with van der Waals surface area (Å²) in [5.74, 6) is 1.16. The number of fused-ring (bicyclic) bond motifs is 1. The number of amides is 1. The summed E-state index contributed by atoms with van der Waals surface area (Å²) in [7, 11) is 1.65. The summed E-state index contributed by atoms with van der Waals surface area (Å²) in [6.45, 7) is 9.02. The number of methoxy groups -OCH3 is 1. The number of hydrogen-bond donors (Lipinski definition) is 0. The van der Waals surface area contributed by atoms with Gasteiger partial charge >= 0.3 is 0 Å². The maximum absolute atomic E-state index is 13.1. The monoisotopic (exact) mass is 417 g/mol. The summed E-state index contributed by atoms with van der Waals surface area (Å²) >= 11 is 1.38. The van der Waals surface area contributed by atoms with E-state index in [9.17, 15) is 9.59 Å². The zero-order valence-electron chi connectivity index (χ0n) is 17.8. The predicted molar refractivity (Wildman–Crippen MR) is 117 cm³/mol. The van der Waals surface area contributed by atoms with Crippen molar-refractivity contribution in [3.05, 3.63) is 34.6 Å². The van der Waals surface area contributed by atoms with Crippen molar-refractivity contribution in [1.29, 1.82) is 0 Å². The molecule has 1 fully saturated rings. The number of rotatable bonds is 7. The molecule has 1 aromatic carbocycles. The molecule has 158 valence electrons. The Hall–Kier alpha value is -1.86. The van der Waals surface area contributed by atoms with Crippen LogP contribution >= 0.6 is 11.8 Å². The smallest absolute Gasteiger partial charge is 0.262 e. The molecule has 1 aliphatic heterocycles. The molecule has 6 nitrogen and oxygen atoms in total. The summed E-state index contributed by atoms with van der Waals surface area (Å²) in [5, 5.41) is 0.907. The highest BCUT2D eigenvalue weighted by atomic mass is 32.2. The molecule has 2 heterocycles. The molecule has 0 radical (unpaired) electrons. The summed E-state index contributed by atoms with van der Waals surface area (Å²) < 4.78 is 6.84. The van der Waals surface area contributed by atoms with Crippen molar-refractivity contribution < 1.29 is 9.53 Å². The van der Waals surface area contributed by atoms with Gasteiger partial charge in [-0.15, -0.1) is 0 Å². The van der Waals surface area contributed by atoms with Crippen LogP contribution in [-0.4, -0.2) is 52.4 Å². The molecule has 29 heavy (non-hydrogen) atoms. The first kappa shape index (κ1) is 21.8. The maximum atomic E-state index is 13.1. The van der Waals surface area contributed by atoms with Crippen molar-refractivity contribution in [2.24, 2.45) is 11.8 Å². The molecule has 0 saturated carbocycles. The van der Waals surface area contributed by atoms with E-state index < -0.39 is 0 Å². The number of aromatic nitrogens is 2. The molecule has 1 amide bonds. The largest absolute Gasteiger partial charge is 0.385 e. The lowest BCUT2D eigenvalue weighted by atomic mass is 9.92. The maximum Gasteiger partial charge on any atom is 0.262 e. The molecule has 7 heteroatoms. The fraction of sp³-hybridized carbons (Fsp3) is 0.591. The summed E-state index contributed by atoms with van der Waals surface area (Å²) in [6, 6.07) is 7.38. The van der Waals surface area contributed by atoms with Crippen LogP contribution in [0.25, 0.3) is 10.9 Å². The van der Waals surface area contributed by atoms with Crippen molar-refractivity contribution in [3.63, 3.8) is 0 Å². The van der Waals surface area contributed by atoms with E-state index in [-0.39, 0.29) is 16.7 Å². The van der Waals surface area contributed by atoms with E-state index in [2.05, 4.69) is 13.8 Å². The molecule has 3 rings (SSSR count). The Morgan fingerprint density at radius 3 is 2.66 bits per heavy atom. The Bertz CT molecular complexity index is 904. The lowest BCUT2D eigenvalue weighted by Gasteiger charge is -2.36. The Kier molecular flexibility index (Phi) is 7.35. The second-order valence-corrected chi connectivity index (χ2v) is 9.47. The Morgan fingerprint density at radius 1 is 1.28 bits per heavy atom. The third-order valence-electron chi connectivity index (χ3n) is 5.37. The number of piperidine rings is 1. The highest BCUT2D eigenvalue weighted by molar-refractivity contribution is 8.00. The van der Waals surface area contributed by atoms with Gasteiger partial charge in [-0.2, -0.15) is 0 Å². The summed E-state index contributed by atoms with van der Waals surface area (Å²) in [6.07, 6.45) is 1.88. The van der Waals surface area contributed by atoms with E-state index in [0.29, 0.717) is 47.5 Å². The van der Waals surface area contributed by atoms with Gasteiger partial charge in [0.15, 0.2) is 5.16 Å². The number of hydrogen-bond acceptors (Lipinski definition) is 5. The predicted octanol–water partition coefficient (Wildman–Crippen LogP) is 3.42. The first-order valence-corrected chi connectivity index (χ1v) is 11.2. The van der Waals surface area contributed by atoms with Gasteiger partial charge in [-0.3, -0.25) is 14.2 Å². The number of carbonyl (C=O) groups is 1. The standard InChI is InChI=1S/C22H31N3O3S/c1-15-12-16(2)14-24(13-15)20(26)17(3)29-22-23-19-9-6-5-8-18(19)21(27)25(22)10-7-11-28-4/h5-6,8-9,15-17H,7,10-14H2,1-4H3. The van der Waals surface area contributed by atoms with Crippen LogP contribution in [0.5, 0.6) is 0 Å². The van der Waals surface area contributed by atoms with Gasteiger partial charge in [-0.1, -0.05) is 37.7 Å². The Labute approximate surface area is 176 Å². The lowest BCUT2D eigenvalue weighted by Crippen LogP contribution is -2.45. The SMILES string of the molecule is COCCCn1c(SC(C)C(=O)N2CC(C)CC(C)C2)nc2ccccc2c1=O. The van der Waals surface area contributed by atoms with Gasteiger partial charge in [-0.25, -0.2) is 4.98 Å². The number of ether oxygens (including phenoxy) is 1. The van der Waals surface area contributed by atoms with E-state index in [0.717, 1.165) is 19.5 Å². The molecule has 1 aromatic heterocycles. The molecule has 3 unspecified atom stereocenters. The summed E-state index contributed by atoms with van der Waals surface area (Å²) in [5.41, 5.74) is 0.608. The Balaban J connectivity index is 1.86. The molecule has 0 N–H and O–H groups in total. The number of carbonyl (C=O) groups excluding carboxylic acids is 1. The molecule has 2 aromatic rings. The molecule has 1 saturated heterocycles. The van der Waals surface area contributed by atoms with Gasteiger partial charge in [0.2, 0.25) is 5.91 Å². The van der Waals surface area contributed by atoms with Gasteiger partial charge in [0.05, 0.1) is 16.2 Å². The topological polar surface area (TPSA) is 64.4 Å². The van der Waals surface area contributed by atoms with Gasteiger partial charge in [0, 0.05) is 33.4 Å². The van der Waals surface area contributed by atoms with Gasteiger partial charge in [0.25, 0.3) is 5.56 Å². The van der Waals surface area contributed by atoms with Crippen LogP contribution in [0.1, 0.15) is 33.6 Å². The third kappa shape index (κ3) is 5.20. The minimum absolute atomic E-state index is 0.0610. The van der Waals surface area contributed by atoms with E-state index in [1.165, 1.54) is 11.8 Å². The minimum atomic E-state index is -0.297. The van der Waals surface area contributed by atoms with Crippen LogP contribution in [0.2, 0.25) is 0 Å². The van der Waals surface area contributed by atoms with Crippen LogP contribution < -0.4 is 5.56 Å². The first-order valence-electron chi connectivity index (χ1n) is 10.3. The van der Waals surface area contributed by atoms with Gasteiger partial charge < -0.3 is 9.64 Å². The number of thioether (sulfide) groups is 1. The molecule has 0 spiro atoms. The molecule has 0 aliphatic carbocycles. The van der Waals surface area contributed by atoms with Gasteiger partial charge in [-0.05, 0) is 43.7 Å². The fourth-order valence-corrected chi connectivity index (χ4v) is 5.13. The van der Waals surface area contributed by atoms with Gasteiger partial charge in [0.1, 0.15) is 0 Å². The lowest BCUT2D eigenvalue weighted by molar-refractivity contribution is -0.132. The molecule has 3 atom stereocenters.